The quantitative estimate of drug-likeness (QED) is 0.864. The molecule has 2 N–H and O–H groups in total. The lowest BCUT2D eigenvalue weighted by Gasteiger charge is -2.25. The normalized spacial score (nSPS) is 11.5. The van der Waals surface area contributed by atoms with Gasteiger partial charge in [-0.2, -0.15) is 0 Å². The first kappa shape index (κ1) is 12.4. The van der Waals surface area contributed by atoms with Crippen LogP contribution in [0.25, 0.3) is 0 Å². The number of rotatable bonds is 5. The van der Waals surface area contributed by atoms with E-state index < -0.39 is 5.60 Å². The van der Waals surface area contributed by atoms with Gasteiger partial charge in [-0.05, 0) is 28.8 Å². The SMILES string of the molecule is CCC(O)(CC)CNc1ncncc1Br. The minimum Gasteiger partial charge on any atom is -0.388 e. The average Bonchev–Trinajstić information content (AvgIpc) is 2.28. The Morgan fingerprint density at radius 2 is 2.13 bits per heavy atom. The second-order valence-corrected chi connectivity index (χ2v) is 4.36. The van der Waals surface area contributed by atoms with Crippen LogP contribution in [0.1, 0.15) is 26.7 Å². The third kappa shape index (κ3) is 3.43. The van der Waals surface area contributed by atoms with Gasteiger partial charge in [0.15, 0.2) is 0 Å². The van der Waals surface area contributed by atoms with Crippen molar-refractivity contribution in [1.82, 2.24) is 9.97 Å². The molecule has 1 aromatic rings. The van der Waals surface area contributed by atoms with Crippen LogP contribution < -0.4 is 5.32 Å². The fourth-order valence-electron chi connectivity index (χ4n) is 1.19. The van der Waals surface area contributed by atoms with Crippen LogP contribution in [0.15, 0.2) is 17.0 Å². The van der Waals surface area contributed by atoms with Gasteiger partial charge in [0.1, 0.15) is 12.1 Å². The van der Waals surface area contributed by atoms with E-state index in [0.29, 0.717) is 12.4 Å². The molecule has 1 aromatic heterocycles. The lowest BCUT2D eigenvalue weighted by Crippen LogP contribution is -2.35. The zero-order valence-corrected chi connectivity index (χ0v) is 10.6. The number of halogens is 1. The second kappa shape index (κ2) is 5.42. The Hall–Kier alpha value is -0.680. The van der Waals surface area contributed by atoms with Gasteiger partial charge in [-0.3, -0.25) is 0 Å². The van der Waals surface area contributed by atoms with E-state index in [1.54, 1.807) is 6.20 Å². The lowest BCUT2D eigenvalue weighted by atomic mass is 9.98. The Morgan fingerprint density at radius 1 is 1.47 bits per heavy atom. The molecule has 0 aliphatic carbocycles. The van der Waals surface area contributed by atoms with Crippen LogP contribution in [0.5, 0.6) is 0 Å². The molecule has 0 spiro atoms. The summed E-state index contributed by atoms with van der Waals surface area (Å²) in [5.74, 6) is 0.713. The zero-order chi connectivity index (χ0) is 11.3. The summed E-state index contributed by atoms with van der Waals surface area (Å²) in [6.07, 6.45) is 4.59. The van der Waals surface area contributed by atoms with Gasteiger partial charge in [-0.25, -0.2) is 9.97 Å². The molecule has 84 valence electrons. The van der Waals surface area contributed by atoms with E-state index in [9.17, 15) is 5.11 Å². The summed E-state index contributed by atoms with van der Waals surface area (Å²) in [6, 6.07) is 0. The molecular weight excluding hydrogens is 258 g/mol. The predicted molar refractivity (Wildman–Crippen MR) is 63.8 cm³/mol. The molecule has 5 heteroatoms. The number of hydrogen-bond acceptors (Lipinski definition) is 4. The van der Waals surface area contributed by atoms with Crippen molar-refractivity contribution in [3.05, 3.63) is 17.0 Å². The van der Waals surface area contributed by atoms with Crippen LogP contribution in [0.3, 0.4) is 0 Å². The van der Waals surface area contributed by atoms with Crippen LogP contribution in [0.2, 0.25) is 0 Å². The van der Waals surface area contributed by atoms with E-state index in [2.05, 4.69) is 31.2 Å². The second-order valence-electron chi connectivity index (χ2n) is 3.50. The van der Waals surface area contributed by atoms with Gasteiger partial charge in [0.2, 0.25) is 0 Å². The Labute approximate surface area is 98.3 Å². The minimum atomic E-state index is -0.662. The van der Waals surface area contributed by atoms with Crippen molar-refractivity contribution in [1.29, 1.82) is 0 Å². The van der Waals surface area contributed by atoms with Crippen molar-refractivity contribution in [3.63, 3.8) is 0 Å². The minimum absolute atomic E-state index is 0.496. The monoisotopic (exact) mass is 273 g/mol. The molecule has 0 aliphatic heterocycles. The number of nitrogens with zero attached hydrogens (tertiary/aromatic N) is 2. The lowest BCUT2D eigenvalue weighted by molar-refractivity contribution is 0.0456. The molecule has 0 saturated carbocycles. The molecule has 0 atom stereocenters. The first-order chi connectivity index (χ1) is 7.11. The highest BCUT2D eigenvalue weighted by Gasteiger charge is 2.22. The van der Waals surface area contributed by atoms with Crippen LogP contribution in [0, 0.1) is 0 Å². The average molecular weight is 274 g/mol. The van der Waals surface area contributed by atoms with Gasteiger partial charge in [0.25, 0.3) is 0 Å². The van der Waals surface area contributed by atoms with Crippen molar-refractivity contribution >= 4 is 21.7 Å². The van der Waals surface area contributed by atoms with Gasteiger partial charge in [-0.1, -0.05) is 13.8 Å². The van der Waals surface area contributed by atoms with Crippen LogP contribution in [0.4, 0.5) is 5.82 Å². The standard InChI is InChI=1S/C10H16BrN3O/c1-3-10(15,4-2)6-13-9-8(11)5-12-7-14-9/h5,7,15H,3-4,6H2,1-2H3,(H,12,13,14). The third-order valence-corrected chi connectivity index (χ3v) is 3.15. The molecule has 4 nitrogen and oxygen atoms in total. The largest absolute Gasteiger partial charge is 0.388 e. The first-order valence-corrected chi connectivity index (χ1v) is 5.82. The van der Waals surface area contributed by atoms with Crippen molar-refractivity contribution in [3.8, 4) is 0 Å². The van der Waals surface area contributed by atoms with Gasteiger partial charge >= 0.3 is 0 Å². The van der Waals surface area contributed by atoms with Crippen molar-refractivity contribution in [2.24, 2.45) is 0 Å². The summed E-state index contributed by atoms with van der Waals surface area (Å²) < 4.78 is 0.805. The first-order valence-electron chi connectivity index (χ1n) is 5.03. The molecule has 0 saturated heterocycles. The number of nitrogens with one attached hydrogen (secondary N) is 1. The summed E-state index contributed by atoms with van der Waals surface area (Å²) in [5.41, 5.74) is -0.662. The molecule has 0 fully saturated rings. The van der Waals surface area contributed by atoms with Crippen molar-refractivity contribution in [2.45, 2.75) is 32.3 Å². The summed E-state index contributed by atoms with van der Waals surface area (Å²) in [5, 5.41) is 13.2. The number of anilines is 1. The molecule has 15 heavy (non-hydrogen) atoms. The molecule has 0 radical (unpaired) electrons. The van der Waals surface area contributed by atoms with E-state index >= 15 is 0 Å². The molecule has 0 amide bonds. The van der Waals surface area contributed by atoms with Crippen LogP contribution in [-0.4, -0.2) is 27.2 Å². The fourth-order valence-corrected chi connectivity index (χ4v) is 1.55. The molecule has 0 unspecified atom stereocenters. The van der Waals surface area contributed by atoms with Gasteiger partial charge in [-0.15, -0.1) is 0 Å². The number of aromatic nitrogens is 2. The topological polar surface area (TPSA) is 58.0 Å². The van der Waals surface area contributed by atoms with Crippen molar-refractivity contribution < 1.29 is 5.11 Å². The maximum absolute atomic E-state index is 10.1. The fraction of sp³-hybridized carbons (Fsp3) is 0.600. The van der Waals surface area contributed by atoms with E-state index in [-0.39, 0.29) is 0 Å². The Kier molecular flexibility index (Phi) is 4.47. The van der Waals surface area contributed by atoms with Crippen LogP contribution >= 0.6 is 15.9 Å². The van der Waals surface area contributed by atoms with E-state index in [1.807, 2.05) is 13.8 Å². The highest BCUT2D eigenvalue weighted by Crippen LogP contribution is 2.20. The number of hydrogen-bond donors (Lipinski definition) is 2. The zero-order valence-electron chi connectivity index (χ0n) is 9.00. The number of aliphatic hydroxyl groups is 1. The summed E-state index contributed by atoms with van der Waals surface area (Å²) in [4.78, 5) is 7.94. The highest BCUT2D eigenvalue weighted by molar-refractivity contribution is 9.10. The maximum Gasteiger partial charge on any atom is 0.143 e. The molecule has 1 rings (SSSR count). The summed E-state index contributed by atoms with van der Waals surface area (Å²) >= 11 is 3.34. The molecule has 0 bridgehead atoms. The van der Waals surface area contributed by atoms with E-state index in [1.165, 1.54) is 6.33 Å². The summed E-state index contributed by atoms with van der Waals surface area (Å²) in [7, 11) is 0. The third-order valence-electron chi connectivity index (χ3n) is 2.57. The smallest absolute Gasteiger partial charge is 0.143 e. The van der Waals surface area contributed by atoms with E-state index in [4.69, 9.17) is 0 Å². The van der Waals surface area contributed by atoms with Gasteiger partial charge in [0.05, 0.1) is 10.1 Å². The predicted octanol–water partition coefficient (Wildman–Crippen LogP) is 2.20. The molecule has 0 aromatic carbocycles. The maximum atomic E-state index is 10.1. The van der Waals surface area contributed by atoms with Crippen LogP contribution in [-0.2, 0) is 0 Å². The molecular formula is C10H16BrN3O. The molecule has 0 aliphatic rings. The summed E-state index contributed by atoms with van der Waals surface area (Å²) in [6.45, 7) is 4.44. The Balaban J connectivity index is 2.61. The highest BCUT2D eigenvalue weighted by atomic mass is 79.9. The van der Waals surface area contributed by atoms with E-state index in [0.717, 1.165) is 17.3 Å². The Morgan fingerprint density at radius 3 is 2.67 bits per heavy atom. The van der Waals surface area contributed by atoms with Gasteiger partial charge in [0, 0.05) is 12.7 Å². The van der Waals surface area contributed by atoms with Crippen molar-refractivity contribution in [2.75, 3.05) is 11.9 Å². The van der Waals surface area contributed by atoms with Gasteiger partial charge < -0.3 is 10.4 Å². The Bertz CT molecular complexity index is 315. The molecule has 1 heterocycles.